The van der Waals surface area contributed by atoms with Crippen LogP contribution in [-0.4, -0.2) is 15.7 Å². The van der Waals surface area contributed by atoms with Gasteiger partial charge in [0.25, 0.3) is 0 Å². The minimum atomic E-state index is 0.0914. The van der Waals surface area contributed by atoms with Gasteiger partial charge in [0.15, 0.2) is 0 Å². The van der Waals surface area contributed by atoms with Crippen molar-refractivity contribution in [1.29, 1.82) is 0 Å². The molecule has 0 radical (unpaired) electrons. The lowest BCUT2D eigenvalue weighted by Gasteiger charge is -2.09. The second-order valence-electron chi connectivity index (χ2n) is 6.93. The molecule has 0 atom stereocenters. The fraction of sp³-hybridized carbons (Fsp3) is 0.500. The monoisotopic (exact) mass is 327 g/mol. The molecule has 0 aliphatic rings. The number of hydrogen-bond acceptors (Lipinski definition) is 2. The zero-order valence-corrected chi connectivity index (χ0v) is 15.5. The van der Waals surface area contributed by atoms with Gasteiger partial charge in [-0.15, -0.1) is 0 Å². The Morgan fingerprint density at radius 3 is 2.58 bits per heavy atom. The lowest BCUT2D eigenvalue weighted by atomic mass is 10.1. The van der Waals surface area contributed by atoms with Gasteiger partial charge < -0.3 is 5.32 Å². The molecule has 1 amide bonds. The summed E-state index contributed by atoms with van der Waals surface area (Å²) in [5.41, 5.74) is 5.82. The molecule has 0 aliphatic carbocycles. The number of hydrogen-bond donors (Lipinski definition) is 1. The average Bonchev–Trinajstić information content (AvgIpc) is 2.78. The molecular formula is C20H29N3O. The van der Waals surface area contributed by atoms with Gasteiger partial charge in [-0.25, -0.2) is 0 Å². The predicted octanol–water partition coefficient (Wildman–Crippen LogP) is 3.71. The van der Waals surface area contributed by atoms with Crippen molar-refractivity contribution in [3.8, 4) is 0 Å². The third-order valence-electron chi connectivity index (χ3n) is 4.41. The maximum atomic E-state index is 12.2. The second-order valence-corrected chi connectivity index (χ2v) is 6.93. The second kappa shape index (κ2) is 8.13. The van der Waals surface area contributed by atoms with Gasteiger partial charge in [0.2, 0.25) is 5.91 Å². The number of benzene rings is 1. The van der Waals surface area contributed by atoms with Crippen molar-refractivity contribution in [2.45, 2.75) is 60.5 Å². The van der Waals surface area contributed by atoms with Crippen molar-refractivity contribution >= 4 is 5.91 Å². The highest BCUT2D eigenvalue weighted by molar-refractivity contribution is 5.76. The highest BCUT2D eigenvalue weighted by Crippen LogP contribution is 2.16. The van der Waals surface area contributed by atoms with Crippen molar-refractivity contribution in [2.75, 3.05) is 0 Å². The van der Waals surface area contributed by atoms with Crippen LogP contribution in [0.25, 0.3) is 0 Å². The van der Waals surface area contributed by atoms with Gasteiger partial charge in [0, 0.05) is 25.2 Å². The van der Waals surface area contributed by atoms with Crippen LogP contribution < -0.4 is 5.32 Å². The van der Waals surface area contributed by atoms with Gasteiger partial charge in [-0.1, -0.05) is 38.1 Å². The van der Waals surface area contributed by atoms with Crippen LogP contribution in [0.4, 0.5) is 0 Å². The van der Waals surface area contributed by atoms with Crippen molar-refractivity contribution in [3.63, 3.8) is 0 Å². The van der Waals surface area contributed by atoms with E-state index in [9.17, 15) is 4.79 Å². The van der Waals surface area contributed by atoms with E-state index in [0.717, 1.165) is 18.7 Å². The van der Waals surface area contributed by atoms with Gasteiger partial charge >= 0.3 is 0 Å². The Morgan fingerprint density at radius 1 is 1.21 bits per heavy atom. The summed E-state index contributed by atoms with van der Waals surface area (Å²) in [6.07, 6.45) is 1.25. The van der Waals surface area contributed by atoms with E-state index in [4.69, 9.17) is 0 Å². The number of aromatic nitrogens is 2. The molecule has 0 unspecified atom stereocenters. The summed E-state index contributed by atoms with van der Waals surface area (Å²) >= 11 is 0. The lowest BCUT2D eigenvalue weighted by molar-refractivity contribution is -0.121. The maximum Gasteiger partial charge on any atom is 0.220 e. The molecule has 2 rings (SSSR count). The molecule has 1 heterocycles. The maximum absolute atomic E-state index is 12.2. The van der Waals surface area contributed by atoms with Crippen LogP contribution in [0.3, 0.4) is 0 Å². The third-order valence-corrected chi connectivity index (χ3v) is 4.41. The first-order chi connectivity index (χ1) is 11.4. The molecule has 0 spiro atoms. The topological polar surface area (TPSA) is 46.9 Å². The van der Waals surface area contributed by atoms with Crippen LogP contribution in [-0.2, 0) is 24.3 Å². The number of nitrogens with one attached hydrogen (secondary N) is 1. The van der Waals surface area contributed by atoms with E-state index in [2.05, 4.69) is 54.9 Å². The fourth-order valence-electron chi connectivity index (χ4n) is 2.95. The first kappa shape index (κ1) is 18.2. The number of carbonyl (C=O) groups excluding carboxylic acids is 1. The summed E-state index contributed by atoms with van der Waals surface area (Å²) in [4.78, 5) is 12.2. The molecule has 2 aromatic rings. The van der Waals surface area contributed by atoms with Crippen molar-refractivity contribution in [1.82, 2.24) is 15.1 Å². The molecule has 0 bridgehead atoms. The van der Waals surface area contributed by atoms with Gasteiger partial charge in [-0.05, 0) is 49.8 Å². The van der Waals surface area contributed by atoms with E-state index in [-0.39, 0.29) is 5.91 Å². The largest absolute Gasteiger partial charge is 0.352 e. The van der Waals surface area contributed by atoms with Crippen LogP contribution >= 0.6 is 0 Å². The standard InChI is InChI=1S/C20H29N3O/c1-14(2)13-23-17(5)19(16(4)22-23)10-11-20(24)21-12-18-9-7-6-8-15(18)3/h6-9,14H,10-13H2,1-5H3,(H,21,24). The first-order valence-corrected chi connectivity index (χ1v) is 8.72. The van der Waals surface area contributed by atoms with Crippen LogP contribution in [0.5, 0.6) is 0 Å². The van der Waals surface area contributed by atoms with Gasteiger partial charge in [-0.3, -0.25) is 9.48 Å². The smallest absolute Gasteiger partial charge is 0.220 e. The molecule has 1 N–H and O–H groups in total. The summed E-state index contributed by atoms with van der Waals surface area (Å²) in [5, 5.41) is 7.64. The Morgan fingerprint density at radius 2 is 1.92 bits per heavy atom. The Bertz CT molecular complexity index is 701. The molecule has 0 aliphatic heterocycles. The van der Waals surface area contributed by atoms with Gasteiger partial charge in [0.05, 0.1) is 5.69 Å². The fourth-order valence-corrected chi connectivity index (χ4v) is 2.95. The molecule has 0 saturated carbocycles. The summed E-state index contributed by atoms with van der Waals surface area (Å²) < 4.78 is 2.07. The zero-order chi connectivity index (χ0) is 17.7. The van der Waals surface area contributed by atoms with E-state index in [1.165, 1.54) is 22.4 Å². The minimum absolute atomic E-state index is 0.0914. The number of carbonyl (C=O) groups is 1. The highest BCUT2D eigenvalue weighted by atomic mass is 16.1. The molecule has 1 aromatic heterocycles. The van der Waals surface area contributed by atoms with Crippen LogP contribution in [0, 0.1) is 26.7 Å². The van der Waals surface area contributed by atoms with Crippen molar-refractivity contribution in [2.24, 2.45) is 5.92 Å². The van der Waals surface area contributed by atoms with Crippen LogP contribution in [0.15, 0.2) is 24.3 Å². The summed E-state index contributed by atoms with van der Waals surface area (Å²) in [7, 11) is 0. The number of nitrogens with zero attached hydrogens (tertiary/aromatic N) is 2. The molecule has 4 heteroatoms. The third kappa shape index (κ3) is 4.70. The predicted molar refractivity (Wildman–Crippen MR) is 97.9 cm³/mol. The van der Waals surface area contributed by atoms with Crippen LogP contribution in [0.1, 0.15) is 48.3 Å². The average molecular weight is 327 g/mol. The number of amides is 1. The van der Waals surface area contributed by atoms with Gasteiger partial charge in [-0.2, -0.15) is 5.10 Å². The number of aryl methyl sites for hydroxylation is 2. The zero-order valence-electron chi connectivity index (χ0n) is 15.5. The van der Waals surface area contributed by atoms with Crippen molar-refractivity contribution < 1.29 is 4.79 Å². The Balaban J connectivity index is 1.90. The minimum Gasteiger partial charge on any atom is -0.352 e. The molecule has 0 fully saturated rings. The Kier molecular flexibility index (Phi) is 6.18. The lowest BCUT2D eigenvalue weighted by Crippen LogP contribution is -2.23. The quantitative estimate of drug-likeness (QED) is 0.842. The first-order valence-electron chi connectivity index (χ1n) is 8.72. The van der Waals surface area contributed by atoms with E-state index in [1.807, 2.05) is 19.1 Å². The molecule has 130 valence electrons. The summed E-state index contributed by atoms with van der Waals surface area (Å²) in [6, 6.07) is 8.14. The normalized spacial score (nSPS) is 11.1. The van der Waals surface area contributed by atoms with E-state index in [0.29, 0.717) is 18.9 Å². The summed E-state index contributed by atoms with van der Waals surface area (Å²) in [5.74, 6) is 0.655. The molecular weight excluding hydrogens is 298 g/mol. The van der Waals surface area contributed by atoms with E-state index >= 15 is 0 Å². The Hall–Kier alpha value is -2.10. The van der Waals surface area contributed by atoms with E-state index in [1.54, 1.807) is 0 Å². The number of rotatable bonds is 7. The molecule has 24 heavy (non-hydrogen) atoms. The molecule has 0 saturated heterocycles. The summed E-state index contributed by atoms with van der Waals surface area (Å²) in [6.45, 7) is 12.1. The van der Waals surface area contributed by atoms with Gasteiger partial charge in [0.1, 0.15) is 0 Å². The Labute approximate surface area is 145 Å². The molecule has 1 aromatic carbocycles. The van der Waals surface area contributed by atoms with Crippen molar-refractivity contribution in [3.05, 3.63) is 52.3 Å². The van der Waals surface area contributed by atoms with E-state index < -0.39 is 0 Å². The molecule has 4 nitrogen and oxygen atoms in total. The van der Waals surface area contributed by atoms with Crippen LogP contribution in [0.2, 0.25) is 0 Å². The SMILES string of the molecule is Cc1ccccc1CNC(=O)CCc1c(C)nn(CC(C)C)c1C. The highest BCUT2D eigenvalue weighted by Gasteiger charge is 2.13.